The Kier molecular flexibility index (Phi) is 8.98. The molecule has 1 saturated heterocycles. The third kappa shape index (κ3) is 4.85. The summed E-state index contributed by atoms with van der Waals surface area (Å²) >= 11 is 7.58. The van der Waals surface area contributed by atoms with E-state index in [1.165, 1.54) is 11.8 Å². The number of allylic oxidation sites excluding steroid dienone is 5. The van der Waals surface area contributed by atoms with E-state index in [2.05, 4.69) is 0 Å². The van der Waals surface area contributed by atoms with Crippen LogP contribution in [-0.2, 0) is 9.59 Å². The molecule has 2 heterocycles. The summed E-state index contributed by atoms with van der Waals surface area (Å²) in [6.45, 7) is 4.18. The Hall–Kier alpha value is 0.126. The molecule has 1 amide bonds. The molecule has 0 aromatic rings. The summed E-state index contributed by atoms with van der Waals surface area (Å²) in [6.07, 6.45) is 7.02. The van der Waals surface area contributed by atoms with Gasteiger partial charge in [-0.25, -0.2) is 0 Å². The normalized spacial score (nSPS) is 21.6. The van der Waals surface area contributed by atoms with Crippen molar-refractivity contribution >= 4 is 51.9 Å². The minimum atomic E-state index is -1.17. The number of rotatable bonds is 4. The monoisotopic (exact) mass is 406 g/mol. The number of carbonyl (C=O) groups excluding carboxylic acids is 2. The third-order valence-corrected chi connectivity index (χ3v) is 6.02. The molecule has 0 aromatic carbocycles. The van der Waals surface area contributed by atoms with Crippen molar-refractivity contribution in [3.8, 4) is 0 Å². The number of nitrogens with zero attached hydrogens (tertiary/aromatic N) is 2. The maximum atomic E-state index is 12.0. The summed E-state index contributed by atoms with van der Waals surface area (Å²) in [7, 11) is 1.80. The third-order valence-electron chi connectivity index (χ3n) is 3.34. The van der Waals surface area contributed by atoms with E-state index < -0.39 is 5.97 Å². The number of carboxylic acids is 1. The minimum Gasteiger partial charge on any atom is -0.544 e. The molecule has 0 unspecified atom stereocenters. The number of carboxylic acid groups (broad SMARTS) is 1. The number of thiocarbonyl (C=S) groups is 1. The van der Waals surface area contributed by atoms with Crippen molar-refractivity contribution < 1.29 is 66.1 Å². The molecular formula is C15H15KN2O3S3. The van der Waals surface area contributed by atoms with Gasteiger partial charge in [-0.3, -0.25) is 9.69 Å². The smallest absolute Gasteiger partial charge is 0.544 e. The van der Waals surface area contributed by atoms with Crippen LogP contribution >= 0.6 is 35.7 Å². The van der Waals surface area contributed by atoms with Gasteiger partial charge < -0.3 is 14.8 Å². The molecule has 24 heavy (non-hydrogen) atoms. The van der Waals surface area contributed by atoms with Gasteiger partial charge in [-0.1, -0.05) is 47.9 Å². The van der Waals surface area contributed by atoms with Gasteiger partial charge in [-0.05, 0) is 26.0 Å². The first-order valence-electron chi connectivity index (χ1n) is 6.83. The molecule has 1 fully saturated rings. The van der Waals surface area contributed by atoms with E-state index in [9.17, 15) is 14.7 Å². The molecule has 2 aliphatic heterocycles. The van der Waals surface area contributed by atoms with Crippen molar-refractivity contribution in [3.05, 3.63) is 44.8 Å². The van der Waals surface area contributed by atoms with Gasteiger partial charge in [-0.15, -0.1) is 0 Å². The Labute approximate surface area is 197 Å². The number of hydrogen-bond acceptors (Lipinski definition) is 7. The van der Waals surface area contributed by atoms with Gasteiger partial charge in [0.25, 0.3) is 5.91 Å². The minimum absolute atomic E-state index is 0. The Morgan fingerprint density at radius 2 is 1.92 bits per heavy atom. The Morgan fingerprint density at radius 3 is 2.42 bits per heavy atom. The van der Waals surface area contributed by atoms with E-state index in [1.54, 1.807) is 48.1 Å². The van der Waals surface area contributed by atoms with Crippen molar-refractivity contribution in [3.63, 3.8) is 0 Å². The van der Waals surface area contributed by atoms with E-state index >= 15 is 0 Å². The van der Waals surface area contributed by atoms with Crippen molar-refractivity contribution in [2.75, 3.05) is 13.6 Å². The summed E-state index contributed by atoms with van der Waals surface area (Å²) in [5, 5.41) is 11.8. The summed E-state index contributed by atoms with van der Waals surface area (Å²) in [4.78, 5) is 27.2. The average Bonchev–Trinajstić information content (AvgIpc) is 2.94. The van der Waals surface area contributed by atoms with Crippen molar-refractivity contribution in [2.24, 2.45) is 0 Å². The van der Waals surface area contributed by atoms with Crippen LogP contribution in [-0.4, -0.2) is 39.6 Å². The molecule has 9 heteroatoms. The van der Waals surface area contributed by atoms with Gasteiger partial charge in [-0.2, -0.15) is 0 Å². The number of thioether (sulfide) groups is 2. The molecule has 2 rings (SSSR count). The van der Waals surface area contributed by atoms with Crippen molar-refractivity contribution in [1.82, 2.24) is 9.80 Å². The second-order valence-electron chi connectivity index (χ2n) is 4.70. The van der Waals surface area contributed by atoms with Crippen LogP contribution in [0.3, 0.4) is 0 Å². The molecule has 0 spiro atoms. The summed E-state index contributed by atoms with van der Waals surface area (Å²) in [5.74, 6) is -1.25. The Morgan fingerprint density at radius 1 is 1.29 bits per heavy atom. The predicted molar refractivity (Wildman–Crippen MR) is 95.9 cm³/mol. The van der Waals surface area contributed by atoms with Gasteiger partial charge in [0, 0.05) is 19.3 Å². The standard InChI is InChI=1S/C15H16N2O3S3.K/c1-4-17-13(18)10(22-15(17)21)7-5-6-8-11-16(3)9(2)12(23-11)14(19)20;/h5-8H,4H2,1-3H3,(H,19,20);/q;+1/p-1/b6-5+,10-7+,11-8-;. The molecule has 0 aromatic heterocycles. The van der Waals surface area contributed by atoms with E-state index in [0.717, 1.165) is 16.8 Å². The maximum absolute atomic E-state index is 12.0. The molecule has 0 atom stereocenters. The average molecular weight is 407 g/mol. The van der Waals surface area contributed by atoms with Crippen LogP contribution in [0.2, 0.25) is 0 Å². The fraction of sp³-hybridized carbons (Fsp3) is 0.267. The van der Waals surface area contributed by atoms with Gasteiger partial charge >= 0.3 is 51.4 Å². The van der Waals surface area contributed by atoms with Crippen LogP contribution in [0.1, 0.15) is 13.8 Å². The zero-order valence-electron chi connectivity index (χ0n) is 13.9. The first-order valence-corrected chi connectivity index (χ1v) is 8.87. The van der Waals surface area contributed by atoms with E-state index in [0.29, 0.717) is 21.5 Å². The first-order chi connectivity index (χ1) is 10.9. The van der Waals surface area contributed by atoms with E-state index in [4.69, 9.17) is 12.2 Å². The summed E-state index contributed by atoms with van der Waals surface area (Å²) in [5.41, 5.74) is 0.651. The van der Waals surface area contributed by atoms with Crippen LogP contribution in [0.25, 0.3) is 0 Å². The number of likely N-dealkylation sites (N-methyl/N-ethyl adjacent to an activating group) is 1. The zero-order chi connectivity index (χ0) is 17.1. The van der Waals surface area contributed by atoms with Gasteiger partial charge in [0.2, 0.25) is 0 Å². The number of aliphatic carboxylic acids is 1. The quantitative estimate of drug-likeness (QED) is 0.331. The van der Waals surface area contributed by atoms with E-state index in [1.807, 2.05) is 6.92 Å². The molecule has 2 aliphatic rings. The van der Waals surface area contributed by atoms with Gasteiger partial charge in [0.05, 0.1) is 20.8 Å². The molecule has 0 N–H and O–H groups in total. The number of hydrogen-bond donors (Lipinski definition) is 0. The second-order valence-corrected chi connectivity index (χ2v) is 7.41. The Bertz CT molecular complexity index is 698. The maximum Gasteiger partial charge on any atom is 1.00 e. The Balaban J connectivity index is 0.00000288. The molecule has 0 saturated carbocycles. The van der Waals surface area contributed by atoms with Crippen LogP contribution in [0.15, 0.2) is 44.8 Å². The molecule has 5 nitrogen and oxygen atoms in total. The SMILES string of the molecule is CCN1C(=O)\C(=C/C=C/C=C2\SC(C(=O)[O-])=C(C)N2C)SC1=S.[K+]. The number of amides is 1. The largest absolute Gasteiger partial charge is 1.00 e. The molecular weight excluding hydrogens is 391 g/mol. The first kappa shape index (κ1) is 22.2. The van der Waals surface area contributed by atoms with Crippen molar-refractivity contribution in [1.29, 1.82) is 0 Å². The van der Waals surface area contributed by atoms with Crippen LogP contribution in [0.5, 0.6) is 0 Å². The fourth-order valence-electron chi connectivity index (χ4n) is 1.97. The van der Waals surface area contributed by atoms with E-state index in [-0.39, 0.29) is 62.2 Å². The topological polar surface area (TPSA) is 63.7 Å². The van der Waals surface area contributed by atoms with Crippen LogP contribution in [0, 0.1) is 0 Å². The fourth-order valence-corrected chi connectivity index (χ4v) is 4.30. The predicted octanol–water partition coefficient (Wildman–Crippen LogP) is -1.19. The molecule has 0 radical (unpaired) electrons. The second kappa shape index (κ2) is 9.72. The number of carbonyl (C=O) groups is 2. The molecule has 0 aliphatic carbocycles. The summed E-state index contributed by atoms with van der Waals surface area (Å²) in [6, 6.07) is 0. The van der Waals surface area contributed by atoms with Crippen LogP contribution < -0.4 is 56.5 Å². The van der Waals surface area contributed by atoms with Crippen molar-refractivity contribution in [2.45, 2.75) is 13.8 Å². The molecule has 0 bridgehead atoms. The van der Waals surface area contributed by atoms with Gasteiger partial charge in [0.1, 0.15) is 4.32 Å². The van der Waals surface area contributed by atoms with Crippen LogP contribution in [0.4, 0.5) is 0 Å². The zero-order valence-corrected chi connectivity index (χ0v) is 19.4. The summed E-state index contributed by atoms with van der Waals surface area (Å²) < 4.78 is 0.569. The molecule has 122 valence electrons. The van der Waals surface area contributed by atoms with Gasteiger partial charge in [0.15, 0.2) is 0 Å².